The van der Waals surface area contributed by atoms with Crippen LogP contribution in [-0.2, 0) is 19.4 Å². The normalized spacial score (nSPS) is 17.0. The summed E-state index contributed by atoms with van der Waals surface area (Å²) in [5.41, 5.74) is 11.0. The predicted octanol–water partition coefficient (Wildman–Crippen LogP) is 3.26. The van der Waals surface area contributed by atoms with E-state index in [1.807, 2.05) is 6.20 Å². The molecule has 0 bridgehead atoms. The van der Waals surface area contributed by atoms with E-state index in [2.05, 4.69) is 62.3 Å². The van der Waals surface area contributed by atoms with Crippen LogP contribution in [0.2, 0.25) is 0 Å². The van der Waals surface area contributed by atoms with E-state index in [4.69, 9.17) is 5.73 Å². The van der Waals surface area contributed by atoms with Crippen LogP contribution in [0.1, 0.15) is 30.0 Å². The minimum atomic E-state index is 0. The second kappa shape index (κ2) is 10.2. The van der Waals surface area contributed by atoms with E-state index in [-0.39, 0.29) is 24.0 Å². The van der Waals surface area contributed by atoms with Crippen LogP contribution in [0.15, 0.2) is 41.5 Å². The largest absolute Gasteiger partial charge is 0.370 e. The average molecular weight is 506 g/mol. The summed E-state index contributed by atoms with van der Waals surface area (Å²) in [5, 5.41) is 3.21. The van der Waals surface area contributed by atoms with Crippen LogP contribution in [0.5, 0.6) is 0 Å². The molecular formula is C22H31IN6. The van der Waals surface area contributed by atoms with Crippen LogP contribution in [0.3, 0.4) is 0 Å². The molecule has 1 fully saturated rings. The summed E-state index contributed by atoms with van der Waals surface area (Å²) in [7, 11) is 0. The Morgan fingerprint density at radius 3 is 2.62 bits per heavy atom. The van der Waals surface area contributed by atoms with Gasteiger partial charge in [-0.25, -0.2) is 9.98 Å². The van der Waals surface area contributed by atoms with Gasteiger partial charge in [0.05, 0.1) is 6.54 Å². The standard InChI is InChI=1S/C22H30N6.HI/c1-2-27-10-12-28(13-11-27)21-9-6-17(15-24-21)16-25-22(23)26-20-8-7-18-4-3-5-19(18)14-20;/h6-9,14-15H,2-5,10-13,16H2,1H3,(H3,23,25,26);1H. The highest BCUT2D eigenvalue weighted by Crippen LogP contribution is 2.24. The maximum atomic E-state index is 6.08. The van der Waals surface area contributed by atoms with E-state index in [0.717, 1.165) is 56.2 Å². The first kappa shape index (κ1) is 21.8. The SMILES string of the molecule is CCN1CCN(c2ccc(CN=C(N)Nc3ccc4c(c3)CCC4)cn2)CC1.I. The predicted molar refractivity (Wildman–Crippen MR) is 131 cm³/mol. The molecule has 4 rings (SSSR count). The molecule has 3 N–H and O–H groups in total. The van der Waals surface area contributed by atoms with Crippen LogP contribution in [0.4, 0.5) is 11.5 Å². The Bertz CT molecular complexity index is 828. The van der Waals surface area contributed by atoms with Gasteiger partial charge in [0.1, 0.15) is 5.82 Å². The van der Waals surface area contributed by atoms with Crippen molar-refractivity contribution in [2.75, 3.05) is 42.9 Å². The molecule has 156 valence electrons. The van der Waals surface area contributed by atoms with Crippen molar-refractivity contribution in [2.24, 2.45) is 10.7 Å². The zero-order valence-corrected chi connectivity index (χ0v) is 19.4. The van der Waals surface area contributed by atoms with Crippen molar-refractivity contribution < 1.29 is 0 Å². The molecule has 1 aromatic carbocycles. The number of nitrogens with one attached hydrogen (secondary N) is 1. The first-order chi connectivity index (χ1) is 13.7. The van der Waals surface area contributed by atoms with Gasteiger partial charge < -0.3 is 20.9 Å². The van der Waals surface area contributed by atoms with Gasteiger partial charge in [-0.1, -0.05) is 19.1 Å². The number of halogens is 1. The fourth-order valence-corrected chi connectivity index (χ4v) is 4.00. The quantitative estimate of drug-likeness (QED) is 0.370. The van der Waals surface area contributed by atoms with E-state index >= 15 is 0 Å². The highest BCUT2D eigenvalue weighted by molar-refractivity contribution is 14.0. The van der Waals surface area contributed by atoms with Crippen LogP contribution in [0.25, 0.3) is 0 Å². The molecule has 7 heteroatoms. The lowest BCUT2D eigenvalue weighted by atomic mass is 10.1. The number of anilines is 2. The zero-order valence-electron chi connectivity index (χ0n) is 17.1. The number of hydrogen-bond donors (Lipinski definition) is 2. The van der Waals surface area contributed by atoms with Gasteiger partial charge in [0.2, 0.25) is 0 Å². The summed E-state index contributed by atoms with van der Waals surface area (Å²) in [6.07, 6.45) is 5.51. The number of likely N-dealkylation sites (N-methyl/N-ethyl adjacent to an activating group) is 1. The van der Waals surface area contributed by atoms with Crippen LogP contribution in [0, 0.1) is 0 Å². The Labute approximate surface area is 190 Å². The summed E-state index contributed by atoms with van der Waals surface area (Å²) in [4.78, 5) is 13.9. The molecule has 2 aromatic rings. The lowest BCUT2D eigenvalue weighted by Crippen LogP contribution is -2.46. The highest BCUT2D eigenvalue weighted by atomic mass is 127. The van der Waals surface area contributed by atoms with Gasteiger partial charge in [-0.3, -0.25) is 0 Å². The fourth-order valence-electron chi connectivity index (χ4n) is 4.00. The zero-order chi connectivity index (χ0) is 19.3. The maximum Gasteiger partial charge on any atom is 0.193 e. The number of pyridine rings is 1. The number of fused-ring (bicyclic) bond motifs is 1. The first-order valence-corrected chi connectivity index (χ1v) is 10.3. The molecule has 0 amide bonds. The van der Waals surface area contributed by atoms with Crippen LogP contribution in [-0.4, -0.2) is 48.6 Å². The number of piperazine rings is 1. The Morgan fingerprint density at radius 1 is 1.10 bits per heavy atom. The molecule has 0 radical (unpaired) electrons. The van der Waals surface area contributed by atoms with Gasteiger partial charge in [0.25, 0.3) is 0 Å². The molecule has 1 aromatic heterocycles. The number of benzene rings is 1. The van der Waals surface area contributed by atoms with Gasteiger partial charge >= 0.3 is 0 Å². The molecule has 0 unspecified atom stereocenters. The van der Waals surface area contributed by atoms with Crippen molar-refractivity contribution >= 4 is 41.4 Å². The van der Waals surface area contributed by atoms with Crippen molar-refractivity contribution in [3.05, 3.63) is 53.2 Å². The van der Waals surface area contributed by atoms with Crippen molar-refractivity contribution in [1.82, 2.24) is 9.88 Å². The van der Waals surface area contributed by atoms with E-state index in [1.54, 1.807) is 0 Å². The number of guanidine groups is 1. The molecule has 2 heterocycles. The third-order valence-electron chi connectivity index (χ3n) is 5.76. The topological polar surface area (TPSA) is 69.8 Å². The van der Waals surface area contributed by atoms with E-state index in [1.165, 1.54) is 24.0 Å². The molecular weight excluding hydrogens is 475 g/mol. The summed E-state index contributed by atoms with van der Waals surface area (Å²) in [6, 6.07) is 10.7. The van der Waals surface area contributed by atoms with Gasteiger partial charge in [-0.15, -0.1) is 24.0 Å². The second-order valence-corrected chi connectivity index (χ2v) is 7.61. The van der Waals surface area contributed by atoms with Gasteiger partial charge in [0, 0.05) is 38.1 Å². The third-order valence-corrected chi connectivity index (χ3v) is 5.76. The van der Waals surface area contributed by atoms with Gasteiger partial charge in [-0.05, 0) is 60.7 Å². The number of aromatic nitrogens is 1. The Balaban J connectivity index is 0.00000240. The Hall–Kier alpha value is -1.87. The molecule has 1 saturated heterocycles. The van der Waals surface area contributed by atoms with Crippen LogP contribution >= 0.6 is 24.0 Å². The summed E-state index contributed by atoms with van der Waals surface area (Å²) in [6.45, 7) is 8.16. The van der Waals surface area contributed by atoms with E-state index in [0.29, 0.717) is 12.5 Å². The number of nitrogens with two attached hydrogens (primary N) is 1. The van der Waals surface area contributed by atoms with Crippen molar-refractivity contribution in [3.63, 3.8) is 0 Å². The second-order valence-electron chi connectivity index (χ2n) is 7.61. The first-order valence-electron chi connectivity index (χ1n) is 10.3. The molecule has 0 atom stereocenters. The van der Waals surface area contributed by atoms with E-state index < -0.39 is 0 Å². The molecule has 0 saturated carbocycles. The number of aryl methyl sites for hydroxylation is 2. The Morgan fingerprint density at radius 2 is 1.90 bits per heavy atom. The van der Waals surface area contributed by atoms with E-state index in [9.17, 15) is 0 Å². The van der Waals surface area contributed by atoms with Gasteiger partial charge in [0.15, 0.2) is 5.96 Å². The number of hydrogen-bond acceptors (Lipinski definition) is 4. The Kier molecular flexibility index (Phi) is 7.71. The monoisotopic (exact) mass is 506 g/mol. The lowest BCUT2D eigenvalue weighted by molar-refractivity contribution is 0.270. The minimum Gasteiger partial charge on any atom is -0.370 e. The average Bonchev–Trinajstić information content (AvgIpc) is 3.21. The molecule has 1 aliphatic heterocycles. The lowest BCUT2D eigenvalue weighted by Gasteiger charge is -2.34. The highest BCUT2D eigenvalue weighted by Gasteiger charge is 2.16. The molecule has 29 heavy (non-hydrogen) atoms. The molecule has 0 spiro atoms. The third kappa shape index (κ3) is 5.60. The fraction of sp³-hybridized carbons (Fsp3) is 0.455. The summed E-state index contributed by atoms with van der Waals surface area (Å²) < 4.78 is 0. The van der Waals surface area contributed by atoms with Gasteiger partial charge in [-0.2, -0.15) is 0 Å². The maximum absolute atomic E-state index is 6.08. The molecule has 2 aliphatic rings. The summed E-state index contributed by atoms with van der Waals surface area (Å²) >= 11 is 0. The molecule has 6 nitrogen and oxygen atoms in total. The van der Waals surface area contributed by atoms with Crippen molar-refractivity contribution in [1.29, 1.82) is 0 Å². The summed E-state index contributed by atoms with van der Waals surface area (Å²) in [5.74, 6) is 1.49. The van der Waals surface area contributed by atoms with Crippen molar-refractivity contribution in [2.45, 2.75) is 32.7 Å². The smallest absolute Gasteiger partial charge is 0.193 e. The number of nitrogens with zero attached hydrogens (tertiary/aromatic N) is 4. The number of aliphatic imine (C=N–C) groups is 1. The van der Waals surface area contributed by atoms with Crippen molar-refractivity contribution in [3.8, 4) is 0 Å². The van der Waals surface area contributed by atoms with Crippen LogP contribution < -0.4 is 16.0 Å². The number of rotatable bonds is 5. The minimum absolute atomic E-state index is 0. The molecule has 1 aliphatic carbocycles.